The van der Waals surface area contributed by atoms with Crippen molar-refractivity contribution in [3.05, 3.63) is 0 Å². The molecule has 0 atom stereocenters. The Morgan fingerprint density at radius 2 is 1.79 bits per heavy atom. The van der Waals surface area contributed by atoms with Crippen LogP contribution in [0, 0.1) is 5.41 Å². The number of nitrogens with zero attached hydrogens (tertiary/aromatic N) is 1. The van der Waals surface area contributed by atoms with Crippen LogP contribution in [0.1, 0.15) is 25.7 Å². The van der Waals surface area contributed by atoms with Gasteiger partial charge < -0.3 is 9.64 Å². The highest BCUT2D eigenvalue weighted by molar-refractivity contribution is 7.80. The van der Waals surface area contributed by atoms with Crippen LogP contribution in [0.4, 0.5) is 0 Å². The molecule has 0 bridgehead atoms. The summed E-state index contributed by atoms with van der Waals surface area (Å²) < 4.78 is 5.44. The Balaban J connectivity index is 1.89. The van der Waals surface area contributed by atoms with Gasteiger partial charge >= 0.3 is 0 Å². The monoisotopic (exact) mass is 215 g/mol. The smallest absolute Gasteiger partial charge is 0.0472 e. The highest BCUT2D eigenvalue weighted by Gasteiger charge is 2.33. The summed E-state index contributed by atoms with van der Waals surface area (Å²) in [6.45, 7) is 5.73. The molecule has 2 aliphatic heterocycles. The first-order valence-corrected chi connectivity index (χ1v) is 6.39. The Hall–Kier alpha value is 0.270. The molecule has 0 aromatic rings. The van der Waals surface area contributed by atoms with E-state index in [4.69, 9.17) is 4.74 Å². The third-order valence-corrected chi connectivity index (χ3v) is 4.32. The molecule has 0 aliphatic carbocycles. The van der Waals surface area contributed by atoms with Crippen molar-refractivity contribution in [2.24, 2.45) is 5.41 Å². The van der Waals surface area contributed by atoms with Crippen molar-refractivity contribution < 1.29 is 4.74 Å². The molecule has 14 heavy (non-hydrogen) atoms. The Morgan fingerprint density at radius 1 is 1.14 bits per heavy atom. The van der Waals surface area contributed by atoms with Crippen LogP contribution < -0.4 is 0 Å². The van der Waals surface area contributed by atoms with Crippen molar-refractivity contribution in [2.75, 3.05) is 38.6 Å². The molecule has 0 saturated carbocycles. The minimum Gasteiger partial charge on any atom is -0.381 e. The molecule has 0 N–H and O–H groups in total. The van der Waals surface area contributed by atoms with Crippen LogP contribution in [0.2, 0.25) is 0 Å². The number of ether oxygens (including phenoxy) is 1. The van der Waals surface area contributed by atoms with Gasteiger partial charge in [-0.1, -0.05) is 0 Å². The number of rotatable bonds is 3. The second kappa shape index (κ2) is 4.86. The first kappa shape index (κ1) is 10.8. The van der Waals surface area contributed by atoms with E-state index in [9.17, 15) is 0 Å². The summed E-state index contributed by atoms with van der Waals surface area (Å²) in [5, 5.41) is 0. The Bertz CT molecular complexity index is 174. The predicted molar refractivity (Wildman–Crippen MR) is 62.0 cm³/mol. The molecule has 2 heterocycles. The lowest BCUT2D eigenvalue weighted by molar-refractivity contribution is 0.0112. The second-order valence-electron chi connectivity index (χ2n) is 4.75. The quantitative estimate of drug-likeness (QED) is 0.721. The van der Waals surface area contributed by atoms with Gasteiger partial charge in [0.15, 0.2) is 0 Å². The van der Waals surface area contributed by atoms with E-state index in [1.165, 1.54) is 45.3 Å². The lowest BCUT2D eigenvalue weighted by atomic mass is 9.81. The summed E-state index contributed by atoms with van der Waals surface area (Å²) in [5.41, 5.74) is 0.450. The number of likely N-dealkylation sites (tertiary alicyclic amines) is 1. The summed E-state index contributed by atoms with van der Waals surface area (Å²) in [4.78, 5) is 2.61. The summed E-state index contributed by atoms with van der Waals surface area (Å²) >= 11 is 4.54. The second-order valence-corrected chi connectivity index (χ2v) is 5.07. The molecule has 2 aliphatic rings. The standard InChI is InChI=1S/C11H21NOS/c14-10-11(3-7-13-8-4-11)9-12-5-1-2-6-12/h14H,1-10H2. The number of thiol groups is 1. The molecule has 0 radical (unpaired) electrons. The molecule has 0 amide bonds. The van der Waals surface area contributed by atoms with Crippen LogP contribution in [0.3, 0.4) is 0 Å². The lowest BCUT2D eigenvalue weighted by Crippen LogP contribution is -2.41. The molecule has 3 heteroatoms. The first-order valence-electron chi connectivity index (χ1n) is 5.76. The summed E-state index contributed by atoms with van der Waals surface area (Å²) in [7, 11) is 0. The molecule has 2 rings (SSSR count). The molecule has 82 valence electrons. The molecule has 2 nitrogen and oxygen atoms in total. The molecule has 0 unspecified atom stereocenters. The minimum absolute atomic E-state index is 0.450. The van der Waals surface area contributed by atoms with Gasteiger partial charge in [-0.25, -0.2) is 0 Å². The summed E-state index contributed by atoms with van der Waals surface area (Å²) in [5.74, 6) is 1.02. The minimum atomic E-state index is 0.450. The fourth-order valence-corrected chi connectivity index (χ4v) is 3.00. The van der Waals surface area contributed by atoms with E-state index in [0.29, 0.717) is 5.41 Å². The van der Waals surface area contributed by atoms with Crippen LogP contribution >= 0.6 is 12.6 Å². The third-order valence-electron chi connectivity index (χ3n) is 3.65. The van der Waals surface area contributed by atoms with Gasteiger partial charge in [-0.15, -0.1) is 0 Å². The van der Waals surface area contributed by atoms with Crippen molar-refractivity contribution in [1.82, 2.24) is 4.90 Å². The van der Waals surface area contributed by atoms with E-state index in [1.807, 2.05) is 0 Å². The van der Waals surface area contributed by atoms with Gasteiger partial charge in [-0.05, 0) is 49.9 Å². The molecule has 0 spiro atoms. The van der Waals surface area contributed by atoms with Crippen LogP contribution in [0.15, 0.2) is 0 Å². The van der Waals surface area contributed by atoms with Gasteiger partial charge in [0, 0.05) is 19.8 Å². The van der Waals surface area contributed by atoms with Gasteiger partial charge in [0.05, 0.1) is 0 Å². The van der Waals surface area contributed by atoms with Crippen LogP contribution in [0.25, 0.3) is 0 Å². The average molecular weight is 215 g/mol. The van der Waals surface area contributed by atoms with E-state index in [1.54, 1.807) is 0 Å². The van der Waals surface area contributed by atoms with Gasteiger partial charge in [-0.3, -0.25) is 0 Å². The van der Waals surface area contributed by atoms with E-state index in [0.717, 1.165) is 19.0 Å². The first-order chi connectivity index (χ1) is 6.85. The highest BCUT2D eigenvalue weighted by Crippen LogP contribution is 2.33. The summed E-state index contributed by atoms with van der Waals surface area (Å²) in [6, 6.07) is 0. The average Bonchev–Trinajstić information content (AvgIpc) is 2.72. The molecule has 0 aromatic heterocycles. The maximum atomic E-state index is 5.44. The number of hydrogen-bond donors (Lipinski definition) is 1. The van der Waals surface area contributed by atoms with Crippen LogP contribution in [-0.2, 0) is 4.74 Å². The van der Waals surface area contributed by atoms with Crippen molar-refractivity contribution >= 4 is 12.6 Å². The zero-order valence-corrected chi connectivity index (χ0v) is 9.77. The normalized spacial score (nSPS) is 28.1. The topological polar surface area (TPSA) is 12.5 Å². The maximum absolute atomic E-state index is 5.44. The number of hydrogen-bond acceptors (Lipinski definition) is 3. The van der Waals surface area contributed by atoms with Crippen molar-refractivity contribution in [3.63, 3.8) is 0 Å². The molecule has 0 aromatic carbocycles. The molecular weight excluding hydrogens is 194 g/mol. The molecule has 2 fully saturated rings. The lowest BCUT2D eigenvalue weighted by Gasteiger charge is -2.38. The van der Waals surface area contributed by atoms with Crippen LogP contribution in [-0.4, -0.2) is 43.5 Å². The highest BCUT2D eigenvalue weighted by atomic mass is 32.1. The van der Waals surface area contributed by atoms with E-state index < -0.39 is 0 Å². The predicted octanol–water partition coefficient (Wildman–Crippen LogP) is 1.81. The van der Waals surface area contributed by atoms with Gasteiger partial charge in [0.25, 0.3) is 0 Å². The Kier molecular flexibility index (Phi) is 3.74. The summed E-state index contributed by atoms with van der Waals surface area (Å²) in [6.07, 6.45) is 5.18. The fourth-order valence-electron chi connectivity index (χ4n) is 2.59. The fraction of sp³-hybridized carbons (Fsp3) is 1.00. The Morgan fingerprint density at radius 3 is 2.36 bits per heavy atom. The van der Waals surface area contributed by atoms with E-state index in [2.05, 4.69) is 17.5 Å². The molecule has 2 saturated heterocycles. The van der Waals surface area contributed by atoms with Crippen molar-refractivity contribution in [2.45, 2.75) is 25.7 Å². The third kappa shape index (κ3) is 2.44. The Labute approximate surface area is 92.4 Å². The van der Waals surface area contributed by atoms with Crippen molar-refractivity contribution in [3.8, 4) is 0 Å². The van der Waals surface area contributed by atoms with Gasteiger partial charge in [-0.2, -0.15) is 12.6 Å². The largest absolute Gasteiger partial charge is 0.381 e. The zero-order chi connectivity index (χ0) is 9.86. The maximum Gasteiger partial charge on any atom is 0.0472 e. The van der Waals surface area contributed by atoms with Crippen LogP contribution in [0.5, 0.6) is 0 Å². The van der Waals surface area contributed by atoms with Crippen molar-refractivity contribution in [1.29, 1.82) is 0 Å². The van der Waals surface area contributed by atoms with E-state index in [-0.39, 0.29) is 0 Å². The van der Waals surface area contributed by atoms with Gasteiger partial charge in [0.1, 0.15) is 0 Å². The zero-order valence-electron chi connectivity index (χ0n) is 8.87. The van der Waals surface area contributed by atoms with E-state index >= 15 is 0 Å². The van der Waals surface area contributed by atoms with Gasteiger partial charge in [0.2, 0.25) is 0 Å². The SMILES string of the molecule is SCC1(CN2CCCC2)CCOCC1. The molecular formula is C11H21NOS.